The Kier molecular flexibility index (Phi) is 4.03. The Morgan fingerprint density at radius 2 is 2.10 bits per heavy atom. The van der Waals surface area contributed by atoms with Crippen LogP contribution in [-0.4, -0.2) is 30.5 Å². The minimum absolute atomic E-state index is 0.267. The van der Waals surface area contributed by atoms with Gasteiger partial charge in [0.25, 0.3) is 0 Å². The lowest BCUT2D eigenvalue weighted by Gasteiger charge is -2.11. The molecular formula is C15H14ClN3O2. The highest BCUT2D eigenvalue weighted by atomic mass is 35.5. The summed E-state index contributed by atoms with van der Waals surface area (Å²) in [5.41, 5.74) is 3.20. The van der Waals surface area contributed by atoms with Crippen LogP contribution in [0.25, 0.3) is 22.2 Å². The van der Waals surface area contributed by atoms with Gasteiger partial charge in [0.15, 0.2) is 10.7 Å². The van der Waals surface area contributed by atoms with Gasteiger partial charge in [-0.2, -0.15) is 0 Å². The van der Waals surface area contributed by atoms with Gasteiger partial charge in [0.2, 0.25) is 0 Å². The zero-order valence-corrected chi connectivity index (χ0v) is 12.2. The first-order chi connectivity index (χ1) is 10.3. The molecule has 0 radical (unpaired) electrons. The molecule has 0 unspecified atom stereocenters. The Labute approximate surface area is 126 Å². The third-order valence-corrected chi connectivity index (χ3v) is 3.40. The molecule has 0 spiro atoms. The van der Waals surface area contributed by atoms with E-state index < -0.39 is 0 Å². The first-order valence-electron chi connectivity index (χ1n) is 6.53. The van der Waals surface area contributed by atoms with Gasteiger partial charge >= 0.3 is 0 Å². The summed E-state index contributed by atoms with van der Waals surface area (Å²) in [6, 6.07) is 9.75. The molecule has 5 nitrogen and oxygen atoms in total. The number of aromatic nitrogens is 2. The van der Waals surface area contributed by atoms with E-state index in [2.05, 4.69) is 15.5 Å². The number of hydrogen-bond donors (Lipinski definition) is 1. The molecule has 1 aromatic carbocycles. The van der Waals surface area contributed by atoms with Crippen molar-refractivity contribution in [1.29, 1.82) is 0 Å². The van der Waals surface area contributed by atoms with Crippen molar-refractivity contribution in [3.63, 3.8) is 0 Å². The maximum absolute atomic E-state index is 6.00. The molecule has 1 N–H and O–H groups in total. The average molecular weight is 304 g/mol. The SMILES string of the molecule is COCCNc1ccccc1-c1nnc(Cl)c2occc12. The quantitative estimate of drug-likeness (QED) is 0.730. The second-order valence-electron chi connectivity index (χ2n) is 4.47. The lowest BCUT2D eigenvalue weighted by molar-refractivity contribution is 0.211. The van der Waals surface area contributed by atoms with Crippen LogP contribution in [0.4, 0.5) is 5.69 Å². The molecule has 0 aliphatic rings. The van der Waals surface area contributed by atoms with Gasteiger partial charge in [-0.1, -0.05) is 29.8 Å². The molecule has 2 aromatic heterocycles. The van der Waals surface area contributed by atoms with Crippen LogP contribution >= 0.6 is 11.6 Å². The van der Waals surface area contributed by atoms with Gasteiger partial charge in [0.1, 0.15) is 5.69 Å². The number of fused-ring (bicyclic) bond motifs is 1. The topological polar surface area (TPSA) is 60.2 Å². The van der Waals surface area contributed by atoms with Gasteiger partial charge in [0, 0.05) is 24.9 Å². The fourth-order valence-electron chi connectivity index (χ4n) is 2.18. The summed E-state index contributed by atoms with van der Waals surface area (Å²) >= 11 is 6.00. The number of nitrogens with one attached hydrogen (secondary N) is 1. The zero-order chi connectivity index (χ0) is 14.7. The predicted octanol–water partition coefficient (Wildman–Crippen LogP) is 3.60. The van der Waals surface area contributed by atoms with Gasteiger partial charge in [-0.05, 0) is 12.1 Å². The molecule has 0 saturated carbocycles. The van der Waals surface area contributed by atoms with Gasteiger partial charge < -0.3 is 14.5 Å². The van der Waals surface area contributed by atoms with Crippen molar-refractivity contribution in [2.45, 2.75) is 0 Å². The molecule has 3 aromatic rings. The van der Waals surface area contributed by atoms with Gasteiger partial charge in [-0.25, -0.2) is 0 Å². The first kappa shape index (κ1) is 13.9. The third kappa shape index (κ3) is 2.70. The van der Waals surface area contributed by atoms with Crippen molar-refractivity contribution in [3.05, 3.63) is 41.7 Å². The maximum Gasteiger partial charge on any atom is 0.194 e. The van der Waals surface area contributed by atoms with Crippen molar-refractivity contribution < 1.29 is 9.15 Å². The number of benzene rings is 1. The maximum atomic E-state index is 6.00. The predicted molar refractivity (Wildman–Crippen MR) is 82.6 cm³/mol. The minimum Gasteiger partial charge on any atom is -0.461 e. The van der Waals surface area contributed by atoms with E-state index in [4.69, 9.17) is 20.8 Å². The lowest BCUT2D eigenvalue weighted by Crippen LogP contribution is -2.08. The van der Waals surface area contributed by atoms with Crippen LogP contribution in [-0.2, 0) is 4.74 Å². The number of ether oxygens (including phenoxy) is 1. The summed E-state index contributed by atoms with van der Waals surface area (Å²) in [5, 5.41) is 12.6. The fraction of sp³-hybridized carbons (Fsp3) is 0.200. The van der Waals surface area contributed by atoms with E-state index >= 15 is 0 Å². The van der Waals surface area contributed by atoms with E-state index in [9.17, 15) is 0 Å². The number of hydrogen-bond acceptors (Lipinski definition) is 5. The summed E-state index contributed by atoms with van der Waals surface area (Å²) in [6.07, 6.45) is 1.59. The first-order valence-corrected chi connectivity index (χ1v) is 6.90. The molecular weight excluding hydrogens is 290 g/mol. The number of nitrogens with zero attached hydrogens (tertiary/aromatic N) is 2. The Morgan fingerprint density at radius 1 is 1.24 bits per heavy atom. The number of para-hydroxylation sites is 1. The van der Waals surface area contributed by atoms with Crippen molar-refractivity contribution >= 4 is 28.3 Å². The summed E-state index contributed by atoms with van der Waals surface area (Å²) in [6.45, 7) is 1.34. The fourth-order valence-corrected chi connectivity index (χ4v) is 2.36. The second kappa shape index (κ2) is 6.11. The smallest absolute Gasteiger partial charge is 0.194 e. The van der Waals surface area contributed by atoms with E-state index in [1.165, 1.54) is 0 Å². The second-order valence-corrected chi connectivity index (χ2v) is 4.83. The molecule has 0 saturated heterocycles. The van der Waals surface area contributed by atoms with Crippen molar-refractivity contribution in [2.24, 2.45) is 0 Å². The number of methoxy groups -OCH3 is 1. The van der Waals surface area contributed by atoms with Crippen LogP contribution in [0.2, 0.25) is 5.15 Å². The van der Waals surface area contributed by atoms with E-state index in [0.29, 0.717) is 18.7 Å². The molecule has 2 heterocycles. The Morgan fingerprint density at radius 3 is 2.95 bits per heavy atom. The number of furan rings is 1. The highest BCUT2D eigenvalue weighted by molar-refractivity contribution is 6.33. The molecule has 0 amide bonds. The van der Waals surface area contributed by atoms with Crippen LogP contribution in [0.1, 0.15) is 0 Å². The minimum atomic E-state index is 0.267. The lowest BCUT2D eigenvalue weighted by atomic mass is 10.1. The molecule has 21 heavy (non-hydrogen) atoms. The molecule has 6 heteroatoms. The van der Waals surface area contributed by atoms with Crippen LogP contribution in [0.5, 0.6) is 0 Å². The molecule has 0 aliphatic heterocycles. The van der Waals surface area contributed by atoms with Crippen molar-refractivity contribution in [3.8, 4) is 11.3 Å². The Bertz CT molecular complexity index is 758. The summed E-state index contributed by atoms with van der Waals surface area (Å²) in [5.74, 6) is 0. The summed E-state index contributed by atoms with van der Waals surface area (Å²) < 4.78 is 10.4. The Balaban J connectivity index is 2.06. The monoisotopic (exact) mass is 303 g/mol. The standard InChI is InChI=1S/C15H14ClN3O2/c1-20-9-7-17-12-5-3-2-4-10(12)13-11-6-8-21-14(11)15(16)19-18-13/h2-6,8,17H,7,9H2,1H3. The third-order valence-electron chi connectivity index (χ3n) is 3.15. The number of halogens is 1. The molecule has 0 atom stereocenters. The average Bonchev–Trinajstić information content (AvgIpc) is 2.99. The zero-order valence-electron chi connectivity index (χ0n) is 11.5. The molecule has 0 bridgehead atoms. The Hall–Kier alpha value is -2.11. The molecule has 0 fully saturated rings. The van der Waals surface area contributed by atoms with E-state index in [1.807, 2.05) is 30.3 Å². The van der Waals surface area contributed by atoms with Crippen molar-refractivity contribution in [2.75, 3.05) is 25.6 Å². The van der Waals surface area contributed by atoms with Gasteiger partial charge in [-0.15, -0.1) is 10.2 Å². The van der Waals surface area contributed by atoms with Crippen LogP contribution in [0.3, 0.4) is 0 Å². The van der Waals surface area contributed by atoms with E-state index in [1.54, 1.807) is 13.4 Å². The van der Waals surface area contributed by atoms with E-state index in [-0.39, 0.29) is 5.15 Å². The molecule has 0 aliphatic carbocycles. The normalized spacial score (nSPS) is 11.0. The van der Waals surface area contributed by atoms with Crippen LogP contribution in [0.15, 0.2) is 41.0 Å². The molecule has 108 valence electrons. The largest absolute Gasteiger partial charge is 0.461 e. The number of rotatable bonds is 5. The highest BCUT2D eigenvalue weighted by Crippen LogP contribution is 2.34. The highest BCUT2D eigenvalue weighted by Gasteiger charge is 2.14. The van der Waals surface area contributed by atoms with E-state index in [0.717, 1.165) is 22.3 Å². The molecule has 3 rings (SSSR count). The van der Waals surface area contributed by atoms with Gasteiger partial charge in [-0.3, -0.25) is 0 Å². The van der Waals surface area contributed by atoms with Crippen LogP contribution in [0, 0.1) is 0 Å². The van der Waals surface area contributed by atoms with Crippen LogP contribution < -0.4 is 5.32 Å². The summed E-state index contributed by atoms with van der Waals surface area (Å²) in [7, 11) is 1.67. The number of anilines is 1. The summed E-state index contributed by atoms with van der Waals surface area (Å²) in [4.78, 5) is 0. The van der Waals surface area contributed by atoms with Crippen molar-refractivity contribution in [1.82, 2.24) is 10.2 Å². The van der Waals surface area contributed by atoms with Gasteiger partial charge in [0.05, 0.1) is 18.3 Å².